The summed E-state index contributed by atoms with van der Waals surface area (Å²) in [7, 11) is 2.08. The van der Waals surface area contributed by atoms with E-state index in [0.717, 1.165) is 48.1 Å². The van der Waals surface area contributed by atoms with Crippen molar-refractivity contribution in [1.29, 1.82) is 5.26 Å². The maximum Gasteiger partial charge on any atom is 0.141 e. The van der Waals surface area contributed by atoms with Crippen molar-refractivity contribution in [2.24, 2.45) is 0 Å². The van der Waals surface area contributed by atoms with Crippen molar-refractivity contribution in [2.75, 3.05) is 20.1 Å². The van der Waals surface area contributed by atoms with Crippen molar-refractivity contribution in [2.45, 2.75) is 12.8 Å². The van der Waals surface area contributed by atoms with Crippen LogP contribution in [-0.2, 0) is 12.8 Å². The van der Waals surface area contributed by atoms with Gasteiger partial charge in [0, 0.05) is 36.1 Å². The number of hydrogen-bond donors (Lipinski definition) is 1. The van der Waals surface area contributed by atoms with Crippen LogP contribution in [0.5, 0.6) is 0 Å². The lowest BCUT2D eigenvalue weighted by Crippen LogP contribution is -2.21. The number of aromatic amines is 1. The average molecular weight is 243 g/mol. The monoisotopic (exact) mass is 243 g/mol. The SMILES string of the molecule is CN1CCc2[nH]c3ccc(F)c(C#N)c3c2CC1. The Hall–Kier alpha value is -1.86. The van der Waals surface area contributed by atoms with E-state index in [9.17, 15) is 4.39 Å². The number of nitrogens with zero attached hydrogens (tertiary/aromatic N) is 2. The molecule has 0 saturated carbocycles. The third-order valence-corrected chi connectivity index (χ3v) is 3.70. The molecule has 1 N–H and O–H groups in total. The largest absolute Gasteiger partial charge is 0.358 e. The normalized spacial score (nSPS) is 16.3. The second-order valence-corrected chi connectivity index (χ2v) is 4.84. The highest BCUT2D eigenvalue weighted by Crippen LogP contribution is 2.29. The van der Waals surface area contributed by atoms with Crippen LogP contribution in [0.2, 0.25) is 0 Å². The third-order valence-electron chi connectivity index (χ3n) is 3.70. The van der Waals surface area contributed by atoms with E-state index in [4.69, 9.17) is 5.26 Å². The van der Waals surface area contributed by atoms with Crippen molar-refractivity contribution >= 4 is 10.9 Å². The Labute approximate surface area is 105 Å². The summed E-state index contributed by atoms with van der Waals surface area (Å²) in [5.74, 6) is -0.426. The van der Waals surface area contributed by atoms with E-state index in [1.165, 1.54) is 6.07 Å². The first-order chi connectivity index (χ1) is 8.70. The molecule has 4 heteroatoms. The lowest BCUT2D eigenvalue weighted by Gasteiger charge is -2.11. The molecule has 1 aliphatic rings. The lowest BCUT2D eigenvalue weighted by molar-refractivity contribution is 0.352. The Balaban J connectivity index is 2.27. The number of halogens is 1. The molecule has 2 aromatic rings. The van der Waals surface area contributed by atoms with Crippen LogP contribution in [0.15, 0.2) is 12.1 Å². The summed E-state index contributed by atoms with van der Waals surface area (Å²) in [6, 6.07) is 5.09. The number of rotatable bonds is 0. The fourth-order valence-corrected chi connectivity index (χ4v) is 2.70. The van der Waals surface area contributed by atoms with Crippen LogP contribution in [0.25, 0.3) is 10.9 Å². The van der Waals surface area contributed by atoms with Crippen molar-refractivity contribution < 1.29 is 4.39 Å². The molecular formula is C14H14FN3. The number of H-pyrrole nitrogens is 1. The second-order valence-electron chi connectivity index (χ2n) is 4.84. The molecular weight excluding hydrogens is 229 g/mol. The summed E-state index contributed by atoms with van der Waals surface area (Å²) in [4.78, 5) is 5.59. The Morgan fingerprint density at radius 3 is 2.89 bits per heavy atom. The van der Waals surface area contributed by atoms with Crippen molar-refractivity contribution in [3.05, 3.63) is 34.8 Å². The molecule has 1 aromatic carbocycles. The van der Waals surface area contributed by atoms with E-state index >= 15 is 0 Å². The smallest absolute Gasteiger partial charge is 0.141 e. The minimum absolute atomic E-state index is 0.176. The van der Waals surface area contributed by atoms with Crippen LogP contribution in [0, 0.1) is 17.1 Å². The fourth-order valence-electron chi connectivity index (χ4n) is 2.70. The molecule has 0 radical (unpaired) electrons. The van der Waals surface area contributed by atoms with Gasteiger partial charge in [-0.2, -0.15) is 5.26 Å². The van der Waals surface area contributed by atoms with Gasteiger partial charge in [0.05, 0.1) is 5.56 Å². The van der Waals surface area contributed by atoms with Crippen molar-refractivity contribution in [1.82, 2.24) is 9.88 Å². The first kappa shape index (κ1) is 11.2. The quantitative estimate of drug-likeness (QED) is 0.771. The van der Waals surface area contributed by atoms with Gasteiger partial charge in [-0.05, 0) is 31.2 Å². The number of nitrogens with one attached hydrogen (secondary N) is 1. The number of aromatic nitrogens is 1. The van der Waals surface area contributed by atoms with Gasteiger partial charge < -0.3 is 9.88 Å². The van der Waals surface area contributed by atoms with E-state index in [0.29, 0.717) is 0 Å². The number of likely N-dealkylation sites (N-methyl/N-ethyl adjacent to an activating group) is 1. The predicted molar refractivity (Wildman–Crippen MR) is 67.9 cm³/mol. The molecule has 0 fully saturated rings. The summed E-state index contributed by atoms with van der Waals surface area (Å²) in [5, 5.41) is 9.92. The molecule has 0 unspecified atom stereocenters. The molecule has 3 rings (SSSR count). The van der Waals surface area contributed by atoms with Gasteiger partial charge in [-0.3, -0.25) is 0 Å². The molecule has 1 aliphatic heterocycles. The molecule has 0 amide bonds. The van der Waals surface area contributed by atoms with Crippen molar-refractivity contribution in [3.8, 4) is 6.07 Å². The highest BCUT2D eigenvalue weighted by atomic mass is 19.1. The summed E-state index contributed by atoms with van der Waals surface area (Å²) in [6.07, 6.45) is 1.79. The van der Waals surface area contributed by atoms with Gasteiger partial charge in [-0.15, -0.1) is 0 Å². The Morgan fingerprint density at radius 2 is 2.11 bits per heavy atom. The predicted octanol–water partition coefficient (Wildman–Crippen LogP) is 2.21. The zero-order valence-electron chi connectivity index (χ0n) is 10.3. The zero-order chi connectivity index (χ0) is 12.7. The van der Waals surface area contributed by atoms with Gasteiger partial charge >= 0.3 is 0 Å². The van der Waals surface area contributed by atoms with E-state index < -0.39 is 5.82 Å². The third kappa shape index (κ3) is 1.59. The van der Waals surface area contributed by atoms with Gasteiger partial charge in [0.25, 0.3) is 0 Å². The number of nitriles is 1. The Kier molecular flexibility index (Phi) is 2.57. The minimum Gasteiger partial charge on any atom is -0.358 e. The van der Waals surface area contributed by atoms with Crippen LogP contribution >= 0.6 is 0 Å². The summed E-state index contributed by atoms with van der Waals surface area (Å²) < 4.78 is 13.7. The van der Waals surface area contributed by atoms with E-state index in [-0.39, 0.29) is 5.56 Å². The van der Waals surface area contributed by atoms with Crippen LogP contribution in [-0.4, -0.2) is 30.0 Å². The number of benzene rings is 1. The summed E-state index contributed by atoms with van der Waals surface area (Å²) in [6.45, 7) is 1.94. The van der Waals surface area contributed by atoms with Gasteiger partial charge in [0.15, 0.2) is 0 Å². The molecule has 1 aromatic heterocycles. The van der Waals surface area contributed by atoms with Crippen LogP contribution < -0.4 is 0 Å². The topological polar surface area (TPSA) is 42.8 Å². The zero-order valence-corrected chi connectivity index (χ0v) is 10.3. The maximum absolute atomic E-state index is 13.7. The first-order valence-electron chi connectivity index (χ1n) is 6.11. The maximum atomic E-state index is 13.7. The fraction of sp³-hybridized carbons (Fsp3) is 0.357. The van der Waals surface area contributed by atoms with Crippen LogP contribution in [0.4, 0.5) is 4.39 Å². The highest BCUT2D eigenvalue weighted by Gasteiger charge is 2.20. The van der Waals surface area contributed by atoms with Crippen LogP contribution in [0.1, 0.15) is 16.8 Å². The molecule has 0 aliphatic carbocycles. The van der Waals surface area contributed by atoms with Gasteiger partial charge in [-0.1, -0.05) is 0 Å². The molecule has 0 spiro atoms. The summed E-state index contributed by atoms with van der Waals surface area (Å²) in [5.41, 5.74) is 3.32. The van der Waals surface area contributed by atoms with E-state index in [1.54, 1.807) is 6.07 Å². The Morgan fingerprint density at radius 1 is 1.33 bits per heavy atom. The second kappa shape index (κ2) is 4.11. The standard InChI is InChI=1S/C14H14FN3/c1-18-6-4-9-12(5-7-18)17-13-3-2-11(15)10(8-16)14(9)13/h2-3,17H,4-7H2,1H3. The molecule has 0 bridgehead atoms. The van der Waals surface area contributed by atoms with Crippen LogP contribution in [0.3, 0.4) is 0 Å². The minimum atomic E-state index is -0.426. The molecule has 3 nitrogen and oxygen atoms in total. The molecule has 92 valence electrons. The van der Waals surface area contributed by atoms with Gasteiger partial charge in [0.2, 0.25) is 0 Å². The number of fused-ring (bicyclic) bond motifs is 3. The molecule has 2 heterocycles. The van der Waals surface area contributed by atoms with Gasteiger partial charge in [0.1, 0.15) is 11.9 Å². The Bertz CT molecular complexity index is 651. The van der Waals surface area contributed by atoms with E-state index in [1.807, 2.05) is 6.07 Å². The summed E-state index contributed by atoms with van der Waals surface area (Å²) >= 11 is 0. The average Bonchev–Trinajstić information content (AvgIpc) is 2.62. The molecule has 18 heavy (non-hydrogen) atoms. The van der Waals surface area contributed by atoms with Crippen molar-refractivity contribution in [3.63, 3.8) is 0 Å². The van der Waals surface area contributed by atoms with E-state index in [2.05, 4.69) is 16.9 Å². The molecule has 0 saturated heterocycles. The van der Waals surface area contributed by atoms with Gasteiger partial charge in [-0.25, -0.2) is 4.39 Å². The molecule has 0 atom stereocenters. The lowest BCUT2D eigenvalue weighted by atomic mass is 10.0. The number of hydrogen-bond acceptors (Lipinski definition) is 2. The highest BCUT2D eigenvalue weighted by molar-refractivity contribution is 5.90. The first-order valence-corrected chi connectivity index (χ1v) is 6.11.